The van der Waals surface area contributed by atoms with E-state index in [-0.39, 0.29) is 12.5 Å². The molecule has 1 N–H and O–H groups in total. The number of aromatic nitrogens is 3. The number of hydrogen-bond acceptors (Lipinski definition) is 5. The van der Waals surface area contributed by atoms with E-state index < -0.39 is 0 Å². The largest absolute Gasteiger partial charge is 0.385 e. The highest BCUT2D eigenvalue weighted by Gasteiger charge is 2.09. The van der Waals surface area contributed by atoms with E-state index in [1.807, 2.05) is 30.5 Å². The number of carbonyl (C=O) groups is 1. The number of halogens is 1. The van der Waals surface area contributed by atoms with Crippen LogP contribution in [0.4, 0.5) is 5.69 Å². The van der Waals surface area contributed by atoms with Gasteiger partial charge in [-0.25, -0.2) is 0 Å². The molecule has 0 aliphatic heterocycles. The van der Waals surface area contributed by atoms with Crippen LogP contribution >= 0.6 is 23.4 Å². The fraction of sp³-hybridized carbons (Fsp3) is 0.133. The third-order valence-electron chi connectivity index (χ3n) is 3.05. The molecule has 23 heavy (non-hydrogen) atoms. The number of benzene rings is 2. The minimum absolute atomic E-state index is 0.186. The molecule has 1 heterocycles. The zero-order chi connectivity index (χ0) is 16.2. The monoisotopic (exact) mass is 348 g/mol. The summed E-state index contributed by atoms with van der Waals surface area (Å²) in [6, 6.07) is 12.7. The number of nitrogens with zero attached hydrogens (tertiary/aromatic N) is 3. The molecule has 3 rings (SSSR count). The second kappa shape index (κ2) is 6.89. The number of carbonyl (C=O) groups excluding carboxylic acids is 1. The van der Waals surface area contributed by atoms with E-state index in [4.69, 9.17) is 16.4 Å². The number of hydrogen-bond donors (Lipinski definition) is 1. The molecule has 6 nitrogen and oxygen atoms in total. The van der Waals surface area contributed by atoms with E-state index in [0.29, 0.717) is 16.1 Å². The van der Waals surface area contributed by atoms with Crippen molar-refractivity contribution in [1.29, 1.82) is 0 Å². The van der Waals surface area contributed by atoms with Gasteiger partial charge in [0, 0.05) is 15.6 Å². The summed E-state index contributed by atoms with van der Waals surface area (Å²) < 4.78 is 0. The highest BCUT2D eigenvalue weighted by molar-refractivity contribution is 7.98. The van der Waals surface area contributed by atoms with E-state index in [9.17, 15) is 4.79 Å². The normalized spacial score (nSPS) is 10.7. The predicted molar refractivity (Wildman–Crippen MR) is 90.8 cm³/mol. The lowest BCUT2D eigenvalue weighted by Gasteiger charge is -2.08. The van der Waals surface area contributed by atoms with Crippen molar-refractivity contribution in [2.75, 3.05) is 18.2 Å². The summed E-state index contributed by atoms with van der Waals surface area (Å²) in [6.07, 6.45) is 1.98. The van der Waals surface area contributed by atoms with Gasteiger partial charge in [-0.1, -0.05) is 22.5 Å². The van der Waals surface area contributed by atoms with Gasteiger partial charge in [0.2, 0.25) is 0 Å². The smallest absolute Gasteiger partial charge is 0.265 e. The molecule has 1 amide bonds. The van der Waals surface area contributed by atoms with Gasteiger partial charge >= 0.3 is 0 Å². The Morgan fingerprint density at radius 3 is 3.04 bits per heavy atom. The Hall–Kier alpha value is -2.25. The Morgan fingerprint density at radius 2 is 2.22 bits per heavy atom. The van der Waals surface area contributed by atoms with E-state index >= 15 is 0 Å². The number of fused-ring (bicyclic) bond motifs is 1. The second-order valence-corrected chi connectivity index (χ2v) is 5.97. The van der Waals surface area contributed by atoms with Gasteiger partial charge in [0.15, 0.2) is 6.61 Å². The van der Waals surface area contributed by atoms with Crippen molar-refractivity contribution in [1.82, 2.24) is 15.2 Å². The van der Waals surface area contributed by atoms with Crippen molar-refractivity contribution in [2.24, 2.45) is 0 Å². The first-order chi connectivity index (χ1) is 11.2. The van der Waals surface area contributed by atoms with Gasteiger partial charge < -0.3 is 10.2 Å². The van der Waals surface area contributed by atoms with E-state index in [1.165, 1.54) is 4.85 Å². The Bertz CT molecular complexity index is 852. The van der Waals surface area contributed by atoms with Crippen LogP contribution in [0, 0.1) is 0 Å². The van der Waals surface area contributed by atoms with Gasteiger partial charge in [0.1, 0.15) is 11.0 Å². The topological polar surface area (TPSA) is 69.0 Å². The van der Waals surface area contributed by atoms with Crippen molar-refractivity contribution < 1.29 is 9.63 Å². The average Bonchev–Trinajstić information content (AvgIpc) is 2.95. The molecule has 3 aromatic rings. The summed E-state index contributed by atoms with van der Waals surface area (Å²) in [6.45, 7) is -0.186. The summed E-state index contributed by atoms with van der Waals surface area (Å²) in [4.78, 5) is 19.6. The maximum atomic E-state index is 12.0. The van der Waals surface area contributed by atoms with Crippen LogP contribution in [-0.2, 0) is 4.79 Å². The van der Waals surface area contributed by atoms with Crippen molar-refractivity contribution >= 4 is 46.0 Å². The van der Waals surface area contributed by atoms with Gasteiger partial charge in [-0.3, -0.25) is 4.79 Å². The standard InChI is InChI=1S/C15H13ClN4O2S/c1-23-12-4-2-3-11(8-12)17-15(21)9-22-20-14-7-10(16)5-6-13(14)18-19-20/h2-8H,9H2,1H3,(H,17,21). The maximum Gasteiger partial charge on any atom is 0.265 e. The summed E-state index contributed by atoms with van der Waals surface area (Å²) in [5.41, 5.74) is 1.97. The SMILES string of the molecule is CSc1cccc(NC(=O)COn2nnc3ccc(Cl)cc32)c1. The van der Waals surface area contributed by atoms with Gasteiger partial charge in [-0.15, -0.1) is 16.9 Å². The number of nitrogens with one attached hydrogen (secondary N) is 1. The fourth-order valence-corrected chi connectivity index (χ4v) is 2.61. The van der Waals surface area contributed by atoms with Crippen LogP contribution in [0.25, 0.3) is 11.0 Å². The molecule has 0 bridgehead atoms. The number of rotatable bonds is 5. The zero-order valence-electron chi connectivity index (χ0n) is 12.2. The van der Waals surface area contributed by atoms with E-state index in [2.05, 4.69) is 15.6 Å². The lowest BCUT2D eigenvalue weighted by molar-refractivity contribution is -0.121. The molecule has 0 radical (unpaired) electrons. The summed E-state index contributed by atoms with van der Waals surface area (Å²) in [5, 5.41) is 11.1. The molecule has 118 valence electrons. The zero-order valence-corrected chi connectivity index (χ0v) is 13.8. The Morgan fingerprint density at radius 1 is 1.35 bits per heavy atom. The minimum Gasteiger partial charge on any atom is -0.385 e. The molecule has 0 aliphatic carbocycles. The highest BCUT2D eigenvalue weighted by atomic mass is 35.5. The molecule has 0 atom stereocenters. The molecule has 0 spiro atoms. The number of anilines is 1. The van der Waals surface area contributed by atoms with Crippen molar-refractivity contribution in [3.63, 3.8) is 0 Å². The quantitative estimate of drug-likeness (QED) is 0.718. The average molecular weight is 349 g/mol. The van der Waals surface area contributed by atoms with Crippen LogP contribution < -0.4 is 10.2 Å². The fourth-order valence-electron chi connectivity index (χ4n) is 1.98. The van der Waals surface area contributed by atoms with E-state index in [0.717, 1.165) is 10.6 Å². The van der Waals surface area contributed by atoms with Gasteiger partial charge in [-0.05, 0) is 47.9 Å². The van der Waals surface area contributed by atoms with Crippen LogP contribution in [0.1, 0.15) is 0 Å². The Labute approximate surface area is 141 Å². The number of amides is 1. The van der Waals surface area contributed by atoms with Crippen molar-refractivity contribution in [2.45, 2.75) is 4.90 Å². The third-order valence-corrected chi connectivity index (χ3v) is 4.01. The molecule has 0 saturated carbocycles. The molecule has 8 heteroatoms. The molecule has 0 unspecified atom stereocenters. The molecular formula is C15H13ClN4O2S. The molecule has 0 aliphatic rings. The van der Waals surface area contributed by atoms with Crippen LogP contribution in [-0.4, -0.2) is 33.9 Å². The van der Waals surface area contributed by atoms with Crippen LogP contribution in [0.2, 0.25) is 5.02 Å². The first-order valence-corrected chi connectivity index (χ1v) is 8.34. The van der Waals surface area contributed by atoms with Gasteiger partial charge in [0.25, 0.3) is 5.91 Å². The number of thioether (sulfide) groups is 1. The van der Waals surface area contributed by atoms with Crippen molar-refractivity contribution in [3.8, 4) is 0 Å². The third kappa shape index (κ3) is 3.75. The summed E-state index contributed by atoms with van der Waals surface area (Å²) >= 11 is 7.55. The van der Waals surface area contributed by atoms with Gasteiger partial charge in [-0.2, -0.15) is 0 Å². The second-order valence-electron chi connectivity index (χ2n) is 4.65. The molecule has 2 aromatic carbocycles. The molecule has 1 aromatic heterocycles. The Kier molecular flexibility index (Phi) is 4.68. The molecule has 0 fully saturated rings. The highest BCUT2D eigenvalue weighted by Crippen LogP contribution is 2.19. The van der Waals surface area contributed by atoms with Gasteiger partial charge in [0.05, 0.1) is 0 Å². The van der Waals surface area contributed by atoms with Crippen LogP contribution in [0.15, 0.2) is 47.4 Å². The first kappa shape index (κ1) is 15.6. The van der Waals surface area contributed by atoms with E-state index in [1.54, 1.807) is 30.0 Å². The summed E-state index contributed by atoms with van der Waals surface area (Å²) in [7, 11) is 0. The Balaban J connectivity index is 1.65. The molecule has 0 saturated heterocycles. The summed E-state index contributed by atoms with van der Waals surface area (Å²) in [5.74, 6) is -0.283. The first-order valence-electron chi connectivity index (χ1n) is 6.74. The van der Waals surface area contributed by atoms with Crippen LogP contribution in [0.3, 0.4) is 0 Å². The van der Waals surface area contributed by atoms with Crippen LogP contribution in [0.5, 0.6) is 0 Å². The van der Waals surface area contributed by atoms with Crippen molar-refractivity contribution in [3.05, 3.63) is 47.5 Å². The lowest BCUT2D eigenvalue weighted by Crippen LogP contribution is -2.26. The lowest BCUT2D eigenvalue weighted by atomic mass is 10.3. The maximum absolute atomic E-state index is 12.0. The predicted octanol–water partition coefficient (Wildman–Crippen LogP) is 2.87. The minimum atomic E-state index is -0.283. The molecular weight excluding hydrogens is 336 g/mol.